The lowest BCUT2D eigenvalue weighted by molar-refractivity contribution is -0.155. The summed E-state index contributed by atoms with van der Waals surface area (Å²) in [6.45, 7) is 2.21. The number of nitrogens with zero attached hydrogens (tertiary/aromatic N) is 2. The van der Waals surface area contributed by atoms with Crippen LogP contribution in [0.15, 0.2) is 24.3 Å². The van der Waals surface area contributed by atoms with Crippen LogP contribution in [0.2, 0.25) is 0 Å². The minimum atomic E-state index is -1.02. The lowest BCUT2D eigenvalue weighted by Gasteiger charge is -2.31. The van der Waals surface area contributed by atoms with Gasteiger partial charge in [-0.2, -0.15) is 0 Å². The fraction of sp³-hybridized carbons (Fsp3) is 0.500. The summed E-state index contributed by atoms with van der Waals surface area (Å²) in [5, 5.41) is 10.5. The Labute approximate surface area is 145 Å². The summed E-state index contributed by atoms with van der Waals surface area (Å²) in [7, 11) is 0. The van der Waals surface area contributed by atoms with Crippen molar-refractivity contribution in [2.75, 3.05) is 6.54 Å². The number of hydrogen-bond acceptors (Lipinski definition) is 4. The zero-order valence-electron chi connectivity index (χ0n) is 13.8. The van der Waals surface area contributed by atoms with Crippen LogP contribution in [-0.4, -0.2) is 39.0 Å². The lowest BCUT2D eigenvalue weighted by atomic mass is 9.99. The molecule has 0 saturated carbocycles. The van der Waals surface area contributed by atoms with E-state index in [9.17, 15) is 14.7 Å². The van der Waals surface area contributed by atoms with Crippen molar-refractivity contribution in [1.29, 1.82) is 0 Å². The van der Waals surface area contributed by atoms with E-state index >= 15 is 0 Å². The molecule has 5 nitrogen and oxygen atoms in total. The molecule has 0 radical (unpaired) electrons. The van der Waals surface area contributed by atoms with Crippen molar-refractivity contribution in [3.63, 3.8) is 0 Å². The largest absolute Gasteiger partial charge is 0.480 e. The Morgan fingerprint density at radius 3 is 2.88 bits per heavy atom. The van der Waals surface area contributed by atoms with Crippen LogP contribution in [-0.2, 0) is 16.0 Å². The number of fused-ring (bicyclic) bond motifs is 1. The molecule has 1 aromatic carbocycles. The Morgan fingerprint density at radius 1 is 1.33 bits per heavy atom. The van der Waals surface area contributed by atoms with Crippen LogP contribution < -0.4 is 0 Å². The molecule has 0 spiro atoms. The van der Waals surface area contributed by atoms with E-state index in [1.165, 1.54) is 4.70 Å². The first-order valence-corrected chi connectivity index (χ1v) is 9.21. The molecule has 1 unspecified atom stereocenters. The maximum atomic E-state index is 12.4. The van der Waals surface area contributed by atoms with Gasteiger partial charge in [-0.25, -0.2) is 9.78 Å². The highest BCUT2D eigenvalue weighted by molar-refractivity contribution is 7.18. The molecule has 1 atom stereocenters. The van der Waals surface area contributed by atoms with Crippen LogP contribution >= 0.6 is 11.3 Å². The number of carbonyl (C=O) groups excluding carboxylic acids is 1. The summed E-state index contributed by atoms with van der Waals surface area (Å²) >= 11 is 1.70. The normalized spacial score (nSPS) is 20.6. The number of aliphatic carboxylic acids is 1. The Kier molecular flexibility index (Phi) is 4.85. The second-order valence-electron chi connectivity index (χ2n) is 6.51. The predicted octanol–water partition coefficient (Wildman–Crippen LogP) is 3.47. The SMILES string of the molecule is CC1(C(=O)O)CCCN1C(=O)CCCCc1nc2ccccc2s1. The molecule has 1 aliphatic rings. The van der Waals surface area contributed by atoms with Gasteiger partial charge in [-0.1, -0.05) is 12.1 Å². The van der Waals surface area contributed by atoms with Crippen molar-refractivity contribution >= 4 is 33.4 Å². The van der Waals surface area contributed by atoms with Gasteiger partial charge in [-0.3, -0.25) is 4.79 Å². The molecule has 128 valence electrons. The summed E-state index contributed by atoms with van der Waals surface area (Å²) < 4.78 is 1.19. The topological polar surface area (TPSA) is 70.5 Å². The molecule has 1 aliphatic heterocycles. The number of para-hydroxylation sites is 1. The van der Waals surface area contributed by atoms with Gasteiger partial charge >= 0.3 is 5.97 Å². The highest BCUT2D eigenvalue weighted by atomic mass is 32.1. The van der Waals surface area contributed by atoms with E-state index in [2.05, 4.69) is 11.1 Å². The molecular weight excluding hydrogens is 324 g/mol. The third-order valence-electron chi connectivity index (χ3n) is 4.77. The average Bonchev–Trinajstić information content (AvgIpc) is 3.15. The highest BCUT2D eigenvalue weighted by Crippen LogP contribution is 2.30. The van der Waals surface area contributed by atoms with Crippen LogP contribution in [0.3, 0.4) is 0 Å². The number of unbranched alkanes of at least 4 members (excludes halogenated alkanes) is 1. The van der Waals surface area contributed by atoms with E-state index in [-0.39, 0.29) is 5.91 Å². The zero-order chi connectivity index (χ0) is 17.2. The van der Waals surface area contributed by atoms with Gasteiger partial charge in [-0.05, 0) is 51.2 Å². The Balaban J connectivity index is 1.49. The number of aromatic nitrogens is 1. The summed E-state index contributed by atoms with van der Waals surface area (Å²) in [5.74, 6) is -0.940. The Morgan fingerprint density at radius 2 is 2.12 bits per heavy atom. The monoisotopic (exact) mass is 346 g/mol. The van der Waals surface area contributed by atoms with Crippen LogP contribution in [0.4, 0.5) is 0 Å². The number of carboxylic acids is 1. The van der Waals surface area contributed by atoms with Crippen LogP contribution in [0.25, 0.3) is 10.2 Å². The first kappa shape index (κ1) is 16.9. The Bertz CT molecular complexity index is 725. The molecule has 6 heteroatoms. The Hall–Kier alpha value is -1.95. The number of benzene rings is 1. The van der Waals surface area contributed by atoms with Crippen molar-refractivity contribution in [2.24, 2.45) is 0 Å². The first-order chi connectivity index (χ1) is 11.5. The number of carboxylic acid groups (broad SMARTS) is 1. The molecule has 1 aromatic heterocycles. The van der Waals surface area contributed by atoms with Gasteiger partial charge in [0.05, 0.1) is 15.2 Å². The van der Waals surface area contributed by atoms with Gasteiger partial charge < -0.3 is 10.0 Å². The second-order valence-corrected chi connectivity index (χ2v) is 7.63. The van der Waals surface area contributed by atoms with Gasteiger partial charge in [-0.15, -0.1) is 11.3 Å². The summed E-state index contributed by atoms with van der Waals surface area (Å²) in [5.41, 5.74) is 0.00674. The number of rotatable bonds is 6. The molecule has 24 heavy (non-hydrogen) atoms. The van der Waals surface area contributed by atoms with E-state index < -0.39 is 11.5 Å². The highest BCUT2D eigenvalue weighted by Gasteiger charge is 2.45. The van der Waals surface area contributed by atoms with E-state index in [1.54, 1.807) is 23.2 Å². The van der Waals surface area contributed by atoms with E-state index in [1.807, 2.05) is 18.2 Å². The third-order valence-corrected chi connectivity index (χ3v) is 5.87. The van der Waals surface area contributed by atoms with Gasteiger partial charge in [0.1, 0.15) is 5.54 Å². The van der Waals surface area contributed by atoms with Gasteiger partial charge in [0.2, 0.25) is 5.91 Å². The molecule has 0 bridgehead atoms. The van der Waals surface area contributed by atoms with Gasteiger partial charge in [0.25, 0.3) is 0 Å². The summed E-state index contributed by atoms with van der Waals surface area (Å²) in [6.07, 6.45) is 4.24. The number of aryl methyl sites for hydroxylation is 1. The molecule has 1 amide bonds. The van der Waals surface area contributed by atoms with Crippen molar-refractivity contribution in [3.8, 4) is 0 Å². The fourth-order valence-electron chi connectivity index (χ4n) is 3.30. The van der Waals surface area contributed by atoms with Crippen LogP contribution in [0.5, 0.6) is 0 Å². The minimum Gasteiger partial charge on any atom is -0.480 e. The van der Waals surface area contributed by atoms with Crippen molar-refractivity contribution in [1.82, 2.24) is 9.88 Å². The van der Waals surface area contributed by atoms with E-state index in [0.29, 0.717) is 19.4 Å². The molecule has 0 aliphatic carbocycles. The van der Waals surface area contributed by atoms with E-state index in [4.69, 9.17) is 0 Å². The van der Waals surface area contributed by atoms with Crippen molar-refractivity contribution in [2.45, 2.75) is 51.0 Å². The minimum absolute atomic E-state index is 0.0401. The standard InChI is InChI=1S/C18H22N2O3S/c1-18(17(22)23)11-6-12-20(18)16(21)10-5-4-9-15-19-13-7-2-3-8-14(13)24-15/h2-3,7-8H,4-6,9-12H2,1H3,(H,22,23). The van der Waals surface area contributed by atoms with Crippen LogP contribution in [0, 0.1) is 0 Å². The quantitative estimate of drug-likeness (QED) is 0.813. The summed E-state index contributed by atoms with van der Waals surface area (Å²) in [4.78, 5) is 30.0. The maximum absolute atomic E-state index is 12.4. The first-order valence-electron chi connectivity index (χ1n) is 8.39. The molecular formula is C18H22N2O3S. The van der Waals surface area contributed by atoms with Gasteiger partial charge in [0, 0.05) is 13.0 Å². The second kappa shape index (κ2) is 6.89. The average molecular weight is 346 g/mol. The smallest absolute Gasteiger partial charge is 0.329 e. The number of hydrogen-bond donors (Lipinski definition) is 1. The lowest BCUT2D eigenvalue weighted by Crippen LogP contribution is -2.50. The van der Waals surface area contributed by atoms with Gasteiger partial charge in [0.15, 0.2) is 0 Å². The number of likely N-dealkylation sites (tertiary alicyclic amines) is 1. The molecule has 3 rings (SSSR count). The number of carbonyl (C=O) groups is 2. The molecule has 1 fully saturated rings. The van der Waals surface area contributed by atoms with Crippen molar-refractivity contribution in [3.05, 3.63) is 29.3 Å². The fourth-order valence-corrected chi connectivity index (χ4v) is 4.31. The summed E-state index contributed by atoms with van der Waals surface area (Å²) in [6, 6.07) is 8.08. The zero-order valence-corrected chi connectivity index (χ0v) is 14.6. The third kappa shape index (κ3) is 3.29. The molecule has 2 heterocycles. The van der Waals surface area contributed by atoms with E-state index in [0.717, 1.165) is 36.2 Å². The maximum Gasteiger partial charge on any atom is 0.329 e. The van der Waals surface area contributed by atoms with Crippen LogP contribution in [0.1, 0.15) is 44.0 Å². The number of thiazole rings is 1. The molecule has 1 N–H and O–H groups in total. The molecule has 2 aromatic rings. The predicted molar refractivity (Wildman–Crippen MR) is 94.2 cm³/mol. The molecule has 1 saturated heterocycles. The van der Waals surface area contributed by atoms with Crippen molar-refractivity contribution < 1.29 is 14.7 Å². The number of amides is 1.